The number of nitrogens with zero attached hydrogens (tertiary/aromatic N) is 1. The van der Waals surface area contributed by atoms with Crippen molar-refractivity contribution in [1.29, 1.82) is 5.26 Å². The van der Waals surface area contributed by atoms with E-state index in [0.29, 0.717) is 5.57 Å². The quantitative estimate of drug-likeness (QED) is 0.726. The van der Waals surface area contributed by atoms with E-state index in [1.54, 1.807) is 0 Å². The Kier molecular flexibility index (Phi) is 3.25. The van der Waals surface area contributed by atoms with Gasteiger partial charge in [0, 0.05) is 10.9 Å². The molecule has 1 aliphatic heterocycles. The minimum atomic E-state index is -0.205. The van der Waals surface area contributed by atoms with Gasteiger partial charge >= 0.3 is 0 Å². The van der Waals surface area contributed by atoms with Crippen molar-refractivity contribution in [2.75, 3.05) is 0 Å². The Bertz CT molecular complexity index is 1030. The van der Waals surface area contributed by atoms with Crippen LogP contribution in [0.15, 0.2) is 72.1 Å². The Morgan fingerprint density at radius 1 is 1.04 bits per heavy atom. The molecule has 0 aliphatic carbocycles. The molecule has 0 spiro atoms. The summed E-state index contributed by atoms with van der Waals surface area (Å²) in [6.07, 6.45) is 0. The molecule has 3 heteroatoms. The smallest absolute Gasteiger partial charge is 0.205 e. The lowest BCUT2D eigenvalue weighted by molar-refractivity contribution is 0.398. The van der Waals surface area contributed by atoms with Gasteiger partial charge in [0.1, 0.15) is 17.4 Å². The van der Waals surface area contributed by atoms with Crippen LogP contribution in [0.1, 0.15) is 22.6 Å². The number of nitriles is 1. The monoisotopic (exact) mass is 312 g/mol. The molecule has 0 radical (unpaired) electrons. The predicted molar refractivity (Wildman–Crippen MR) is 94.4 cm³/mol. The number of allylic oxidation sites excluding steroid dienone is 1. The topological polar surface area (TPSA) is 59.0 Å². The van der Waals surface area contributed by atoms with Crippen molar-refractivity contribution in [1.82, 2.24) is 0 Å². The molecule has 1 heterocycles. The third-order valence-electron chi connectivity index (χ3n) is 4.48. The van der Waals surface area contributed by atoms with E-state index in [1.165, 1.54) is 0 Å². The van der Waals surface area contributed by atoms with Crippen molar-refractivity contribution in [3.63, 3.8) is 0 Å². The van der Waals surface area contributed by atoms with Gasteiger partial charge in [0.25, 0.3) is 0 Å². The summed E-state index contributed by atoms with van der Waals surface area (Å²) in [4.78, 5) is 0. The van der Waals surface area contributed by atoms with Crippen LogP contribution >= 0.6 is 0 Å². The molecule has 1 atom stereocenters. The summed E-state index contributed by atoms with van der Waals surface area (Å²) in [7, 11) is 0. The maximum atomic E-state index is 9.63. The number of aryl methyl sites for hydroxylation is 1. The summed E-state index contributed by atoms with van der Waals surface area (Å²) in [5.41, 5.74) is 9.73. The molecule has 0 saturated heterocycles. The third-order valence-corrected chi connectivity index (χ3v) is 4.48. The standard InChI is InChI=1S/C21H16N2O/c1-13-5-4-7-15(11-13)19-17-10-9-14-6-2-3-8-16(14)20(17)24-21(23)18(19)12-22/h2-11,19H,23H2,1H3/t19-/m1/s1. The normalized spacial score (nSPS) is 16.4. The fourth-order valence-corrected chi connectivity index (χ4v) is 3.38. The summed E-state index contributed by atoms with van der Waals surface area (Å²) < 4.78 is 5.87. The van der Waals surface area contributed by atoms with Gasteiger partial charge in [-0.1, -0.05) is 66.2 Å². The Morgan fingerprint density at radius 2 is 1.88 bits per heavy atom. The Balaban J connectivity index is 2.02. The van der Waals surface area contributed by atoms with Crippen LogP contribution in [0.25, 0.3) is 10.8 Å². The van der Waals surface area contributed by atoms with E-state index < -0.39 is 0 Å². The van der Waals surface area contributed by atoms with Crippen LogP contribution in [0.2, 0.25) is 0 Å². The largest absolute Gasteiger partial charge is 0.440 e. The van der Waals surface area contributed by atoms with Crippen LogP contribution in [0.5, 0.6) is 5.75 Å². The molecule has 0 aromatic heterocycles. The predicted octanol–water partition coefficient (Wildman–Crippen LogP) is 4.37. The Hall–Kier alpha value is -3.25. The van der Waals surface area contributed by atoms with Crippen molar-refractivity contribution in [3.8, 4) is 11.8 Å². The van der Waals surface area contributed by atoms with Gasteiger partial charge in [-0.2, -0.15) is 5.26 Å². The van der Waals surface area contributed by atoms with Crippen molar-refractivity contribution in [2.45, 2.75) is 12.8 Å². The lowest BCUT2D eigenvalue weighted by Gasteiger charge is -2.27. The second-order valence-corrected chi connectivity index (χ2v) is 6.04. The molecule has 3 nitrogen and oxygen atoms in total. The van der Waals surface area contributed by atoms with Crippen LogP contribution < -0.4 is 10.5 Å². The van der Waals surface area contributed by atoms with E-state index in [2.05, 4.69) is 18.2 Å². The molecular weight excluding hydrogens is 296 g/mol. The second kappa shape index (κ2) is 5.43. The molecule has 116 valence electrons. The van der Waals surface area contributed by atoms with Gasteiger partial charge in [-0.25, -0.2) is 0 Å². The van der Waals surface area contributed by atoms with Crippen LogP contribution in [0.3, 0.4) is 0 Å². The van der Waals surface area contributed by atoms with Crippen molar-refractivity contribution < 1.29 is 4.74 Å². The SMILES string of the molecule is Cc1cccc([C@H]2C(C#N)=C(N)Oc3c2ccc2ccccc32)c1. The first kappa shape index (κ1) is 14.3. The molecule has 0 saturated carbocycles. The van der Waals surface area contributed by atoms with E-state index in [9.17, 15) is 5.26 Å². The molecule has 0 unspecified atom stereocenters. The third kappa shape index (κ3) is 2.12. The molecule has 0 amide bonds. The maximum absolute atomic E-state index is 9.63. The van der Waals surface area contributed by atoms with E-state index in [4.69, 9.17) is 10.5 Å². The molecular formula is C21H16N2O. The summed E-state index contributed by atoms with van der Waals surface area (Å²) >= 11 is 0. The zero-order valence-electron chi connectivity index (χ0n) is 13.3. The van der Waals surface area contributed by atoms with Crippen LogP contribution in [-0.2, 0) is 0 Å². The van der Waals surface area contributed by atoms with Crippen molar-refractivity contribution >= 4 is 10.8 Å². The Morgan fingerprint density at radius 3 is 2.67 bits per heavy atom. The molecule has 2 N–H and O–H groups in total. The molecule has 3 aromatic carbocycles. The first-order chi connectivity index (χ1) is 11.7. The fourth-order valence-electron chi connectivity index (χ4n) is 3.38. The number of ether oxygens (including phenoxy) is 1. The number of hydrogen-bond donors (Lipinski definition) is 1. The number of benzene rings is 3. The molecule has 1 aliphatic rings. The highest BCUT2D eigenvalue weighted by Crippen LogP contribution is 2.45. The Labute approximate surface area is 140 Å². The summed E-state index contributed by atoms with van der Waals surface area (Å²) in [5, 5.41) is 11.7. The minimum absolute atomic E-state index is 0.188. The average Bonchev–Trinajstić information content (AvgIpc) is 2.60. The number of fused-ring (bicyclic) bond motifs is 3. The van der Waals surface area contributed by atoms with E-state index in [-0.39, 0.29) is 11.8 Å². The molecule has 0 fully saturated rings. The van der Waals surface area contributed by atoms with Gasteiger partial charge in [-0.15, -0.1) is 0 Å². The number of nitrogens with two attached hydrogens (primary N) is 1. The summed E-state index contributed by atoms with van der Waals surface area (Å²) in [6, 6.07) is 22.6. The van der Waals surface area contributed by atoms with Crippen molar-refractivity contribution in [3.05, 3.63) is 88.8 Å². The molecule has 4 rings (SSSR count). The zero-order valence-corrected chi connectivity index (χ0v) is 13.3. The number of rotatable bonds is 1. The lowest BCUT2D eigenvalue weighted by atomic mass is 9.82. The van der Waals surface area contributed by atoms with Crippen LogP contribution in [-0.4, -0.2) is 0 Å². The van der Waals surface area contributed by atoms with E-state index >= 15 is 0 Å². The van der Waals surface area contributed by atoms with Gasteiger partial charge < -0.3 is 10.5 Å². The number of hydrogen-bond acceptors (Lipinski definition) is 3. The second-order valence-electron chi connectivity index (χ2n) is 6.04. The van der Waals surface area contributed by atoms with Crippen LogP contribution in [0.4, 0.5) is 0 Å². The van der Waals surface area contributed by atoms with Gasteiger partial charge in [-0.05, 0) is 17.9 Å². The minimum Gasteiger partial charge on any atom is -0.440 e. The fraction of sp³-hybridized carbons (Fsp3) is 0.0952. The first-order valence-corrected chi connectivity index (χ1v) is 7.85. The maximum Gasteiger partial charge on any atom is 0.205 e. The van der Waals surface area contributed by atoms with Gasteiger partial charge in [0.2, 0.25) is 5.88 Å². The lowest BCUT2D eigenvalue weighted by Crippen LogP contribution is -2.21. The summed E-state index contributed by atoms with van der Waals surface area (Å²) in [6.45, 7) is 2.04. The van der Waals surface area contributed by atoms with Gasteiger partial charge in [-0.3, -0.25) is 0 Å². The summed E-state index contributed by atoms with van der Waals surface area (Å²) in [5.74, 6) is 0.729. The molecule has 0 bridgehead atoms. The molecule has 3 aromatic rings. The van der Waals surface area contributed by atoms with Crippen LogP contribution in [0, 0.1) is 18.3 Å². The van der Waals surface area contributed by atoms with E-state index in [0.717, 1.165) is 33.2 Å². The molecule has 24 heavy (non-hydrogen) atoms. The zero-order chi connectivity index (χ0) is 16.7. The van der Waals surface area contributed by atoms with Crippen molar-refractivity contribution in [2.24, 2.45) is 5.73 Å². The van der Waals surface area contributed by atoms with Gasteiger partial charge in [0.15, 0.2) is 0 Å². The highest BCUT2D eigenvalue weighted by Gasteiger charge is 2.31. The average molecular weight is 312 g/mol. The van der Waals surface area contributed by atoms with E-state index in [1.807, 2.05) is 55.5 Å². The highest BCUT2D eigenvalue weighted by molar-refractivity contribution is 5.90. The first-order valence-electron chi connectivity index (χ1n) is 7.85. The highest BCUT2D eigenvalue weighted by atomic mass is 16.5. The van der Waals surface area contributed by atoms with Gasteiger partial charge in [0.05, 0.1) is 5.92 Å².